The maximum absolute atomic E-state index is 12.8. The van der Waals surface area contributed by atoms with E-state index >= 15 is 0 Å². The van der Waals surface area contributed by atoms with Gasteiger partial charge < -0.3 is 20.6 Å². The van der Waals surface area contributed by atoms with Gasteiger partial charge in [-0.15, -0.1) is 0 Å². The fourth-order valence-electron chi connectivity index (χ4n) is 5.14. The van der Waals surface area contributed by atoms with Crippen molar-refractivity contribution >= 4 is 29.3 Å². The van der Waals surface area contributed by atoms with Crippen molar-refractivity contribution in [3.8, 4) is 0 Å². The Morgan fingerprint density at radius 1 is 1.24 bits per heavy atom. The molecule has 4 rings (SSSR count). The first kappa shape index (κ1) is 21.3. The van der Waals surface area contributed by atoms with Gasteiger partial charge in [0.2, 0.25) is 0 Å². The fraction of sp³-hybridized carbons (Fsp3) is 0.591. The Kier molecular flexibility index (Phi) is 6.90. The second-order valence-corrected chi connectivity index (χ2v) is 8.46. The average molecular weight is 401 g/mol. The minimum absolute atomic E-state index is 0.0516. The molecule has 1 aromatic rings. The van der Waals surface area contributed by atoms with Crippen molar-refractivity contribution in [1.82, 2.24) is 4.90 Å². The van der Waals surface area contributed by atoms with E-state index in [1.807, 2.05) is 18.2 Å². The number of benzene rings is 1. The molecule has 2 unspecified atom stereocenters. The van der Waals surface area contributed by atoms with E-state index < -0.39 is 0 Å². The van der Waals surface area contributed by atoms with Gasteiger partial charge >= 0.3 is 0 Å². The first-order chi connectivity index (χ1) is 13.9. The number of nitrogens with zero attached hydrogens (tertiary/aromatic N) is 2. The predicted molar refractivity (Wildman–Crippen MR) is 115 cm³/mol. The van der Waals surface area contributed by atoms with Crippen molar-refractivity contribution in [3.05, 3.63) is 23.8 Å². The van der Waals surface area contributed by atoms with Crippen LogP contribution in [-0.4, -0.2) is 60.2 Å². The van der Waals surface area contributed by atoms with Gasteiger partial charge in [-0.2, -0.15) is 0 Å². The van der Waals surface area contributed by atoms with E-state index in [9.17, 15) is 4.79 Å². The molecule has 3 aliphatic heterocycles. The molecule has 0 spiro atoms. The monoisotopic (exact) mass is 400 g/mol. The molecule has 3 heterocycles. The number of fused-ring (bicyclic) bond motifs is 2. The van der Waals surface area contributed by atoms with E-state index in [0.29, 0.717) is 35.7 Å². The van der Waals surface area contributed by atoms with Crippen LogP contribution in [0.4, 0.5) is 11.4 Å². The number of nitrogen functional groups attached to an aromatic ring is 1. The number of Topliss-reactive ketones (excluding diaryl/α,β-unsaturated/α-hetero) is 1. The summed E-state index contributed by atoms with van der Waals surface area (Å²) in [6, 6.07) is 7.06. The number of nitrogens with one attached hydrogen (secondary N) is 1. The number of ketones is 1. The summed E-state index contributed by atoms with van der Waals surface area (Å²) < 4.78 is 0. The van der Waals surface area contributed by atoms with Gasteiger partial charge in [0.15, 0.2) is 5.78 Å². The normalized spacial score (nSPS) is 26.0. The Morgan fingerprint density at radius 3 is 2.41 bits per heavy atom. The second-order valence-electron chi connectivity index (χ2n) is 8.46. The first-order valence-electron chi connectivity index (χ1n) is 10.5. The SMILES string of the molecule is CN1C2CCC1CC(CC(=O)C(=N)c1cc(N3CCCC3)ccc1N)C2.O=CO. The van der Waals surface area contributed by atoms with Gasteiger partial charge in [-0.05, 0) is 69.7 Å². The lowest BCUT2D eigenvalue weighted by Crippen LogP contribution is -2.40. The molecule has 7 nitrogen and oxygen atoms in total. The molecule has 2 atom stereocenters. The van der Waals surface area contributed by atoms with Crippen LogP contribution in [0, 0.1) is 11.3 Å². The lowest BCUT2D eigenvalue weighted by atomic mass is 9.85. The van der Waals surface area contributed by atoms with E-state index in [0.717, 1.165) is 31.6 Å². The highest BCUT2D eigenvalue weighted by Crippen LogP contribution is 2.39. The molecular formula is C22H32N4O3. The third-order valence-electron chi connectivity index (χ3n) is 6.73. The number of carboxylic acid groups (broad SMARTS) is 1. The molecule has 3 aliphatic rings. The largest absolute Gasteiger partial charge is 0.483 e. The highest BCUT2D eigenvalue weighted by Gasteiger charge is 2.39. The Balaban J connectivity index is 0.000000755. The maximum Gasteiger partial charge on any atom is 0.290 e. The molecule has 0 aromatic heterocycles. The van der Waals surface area contributed by atoms with E-state index in [2.05, 4.69) is 16.8 Å². The number of anilines is 2. The Labute approximate surface area is 172 Å². The van der Waals surface area contributed by atoms with E-state index in [4.69, 9.17) is 21.0 Å². The van der Waals surface area contributed by atoms with Crippen molar-refractivity contribution < 1.29 is 14.7 Å². The zero-order chi connectivity index (χ0) is 21.0. The zero-order valence-electron chi connectivity index (χ0n) is 17.1. The summed E-state index contributed by atoms with van der Waals surface area (Å²) in [5, 5.41) is 15.3. The van der Waals surface area contributed by atoms with Crippen LogP contribution in [0.3, 0.4) is 0 Å². The summed E-state index contributed by atoms with van der Waals surface area (Å²) in [7, 11) is 2.22. The van der Waals surface area contributed by atoms with Crippen LogP contribution in [-0.2, 0) is 9.59 Å². The van der Waals surface area contributed by atoms with Crippen LogP contribution in [0.5, 0.6) is 0 Å². The van der Waals surface area contributed by atoms with E-state index in [1.165, 1.54) is 25.7 Å². The molecule has 0 amide bonds. The lowest BCUT2D eigenvalue weighted by Gasteiger charge is -2.36. The number of carbonyl (C=O) groups is 2. The molecule has 7 heteroatoms. The third kappa shape index (κ3) is 4.78. The minimum Gasteiger partial charge on any atom is -0.483 e. The number of hydrogen-bond acceptors (Lipinski definition) is 6. The number of rotatable bonds is 5. The zero-order valence-corrected chi connectivity index (χ0v) is 17.1. The predicted octanol–water partition coefficient (Wildman–Crippen LogP) is 2.77. The number of hydrogen-bond donors (Lipinski definition) is 3. The molecule has 3 fully saturated rings. The molecule has 0 radical (unpaired) electrons. The molecule has 0 aliphatic carbocycles. The molecule has 29 heavy (non-hydrogen) atoms. The van der Waals surface area contributed by atoms with Gasteiger partial charge in [0.05, 0.1) is 0 Å². The van der Waals surface area contributed by atoms with Gasteiger partial charge in [0.1, 0.15) is 5.71 Å². The molecule has 4 N–H and O–H groups in total. The van der Waals surface area contributed by atoms with E-state index in [1.54, 1.807) is 0 Å². The quantitative estimate of drug-likeness (QED) is 0.398. The van der Waals surface area contributed by atoms with Crippen LogP contribution in [0.15, 0.2) is 18.2 Å². The van der Waals surface area contributed by atoms with Crippen molar-refractivity contribution in [2.45, 2.75) is 57.0 Å². The summed E-state index contributed by atoms with van der Waals surface area (Å²) in [6.07, 6.45) is 7.60. The van der Waals surface area contributed by atoms with Gasteiger partial charge in [0.25, 0.3) is 6.47 Å². The fourth-order valence-corrected chi connectivity index (χ4v) is 5.14. The Morgan fingerprint density at radius 2 is 1.83 bits per heavy atom. The van der Waals surface area contributed by atoms with Crippen LogP contribution in [0.2, 0.25) is 0 Å². The number of piperidine rings is 1. The second kappa shape index (κ2) is 9.39. The molecular weight excluding hydrogens is 368 g/mol. The Bertz CT molecular complexity index is 746. The molecule has 0 saturated carbocycles. The molecule has 3 saturated heterocycles. The molecule has 1 aromatic carbocycles. The highest BCUT2D eigenvalue weighted by molar-refractivity contribution is 6.46. The van der Waals surface area contributed by atoms with Gasteiger partial charge in [-0.1, -0.05) is 0 Å². The van der Waals surface area contributed by atoms with Crippen LogP contribution >= 0.6 is 0 Å². The maximum atomic E-state index is 12.8. The number of carbonyl (C=O) groups excluding carboxylic acids is 1. The van der Waals surface area contributed by atoms with Crippen molar-refractivity contribution in [1.29, 1.82) is 5.41 Å². The summed E-state index contributed by atoms with van der Waals surface area (Å²) in [4.78, 5) is 26.0. The average Bonchev–Trinajstić information content (AvgIpc) is 3.29. The summed E-state index contributed by atoms with van der Waals surface area (Å²) in [6.45, 7) is 1.84. The first-order valence-corrected chi connectivity index (χ1v) is 10.5. The standard InChI is InChI=1S/C21H30N4O.CH2O2/c1-24-15-4-5-16(24)11-14(10-15)12-20(26)21(23)18-13-17(6-7-19(18)22)25-8-2-3-9-25;2-1-3/h6-7,13-16,23H,2-5,8-12,22H2,1H3;1H,(H,2,3). The Hall–Kier alpha value is -2.41. The van der Waals surface area contributed by atoms with Gasteiger partial charge in [-0.3, -0.25) is 15.0 Å². The topological polar surface area (TPSA) is 111 Å². The smallest absolute Gasteiger partial charge is 0.290 e. The van der Waals surface area contributed by atoms with Crippen molar-refractivity contribution in [2.75, 3.05) is 30.8 Å². The van der Waals surface area contributed by atoms with Crippen molar-refractivity contribution in [2.24, 2.45) is 5.92 Å². The van der Waals surface area contributed by atoms with Crippen molar-refractivity contribution in [3.63, 3.8) is 0 Å². The van der Waals surface area contributed by atoms with Gasteiger partial charge in [-0.25, -0.2) is 0 Å². The van der Waals surface area contributed by atoms with E-state index in [-0.39, 0.29) is 18.0 Å². The van der Waals surface area contributed by atoms with Crippen LogP contribution < -0.4 is 10.6 Å². The molecule has 2 bridgehead atoms. The van der Waals surface area contributed by atoms with Gasteiger partial charge in [0, 0.05) is 48.5 Å². The van der Waals surface area contributed by atoms with Crippen LogP contribution in [0.25, 0.3) is 0 Å². The molecule has 158 valence electrons. The summed E-state index contributed by atoms with van der Waals surface area (Å²) in [5.74, 6) is 0.365. The van der Waals surface area contributed by atoms with Crippen LogP contribution in [0.1, 0.15) is 50.5 Å². The summed E-state index contributed by atoms with van der Waals surface area (Å²) in [5.41, 5.74) is 8.43. The number of nitrogens with two attached hydrogens (primary N) is 1. The summed E-state index contributed by atoms with van der Waals surface area (Å²) >= 11 is 0. The third-order valence-corrected chi connectivity index (χ3v) is 6.73. The lowest BCUT2D eigenvalue weighted by molar-refractivity contribution is -0.123. The minimum atomic E-state index is -0.250. The highest BCUT2D eigenvalue weighted by atomic mass is 16.3.